The van der Waals surface area contributed by atoms with Gasteiger partial charge in [-0.05, 0) is 6.92 Å². The molecular formula is C11H11FN4O3S. The molecule has 2 heterocycles. The first-order valence-electron chi connectivity index (χ1n) is 5.76. The van der Waals surface area contributed by atoms with Gasteiger partial charge in [0, 0.05) is 18.9 Å². The highest BCUT2D eigenvalue weighted by molar-refractivity contribution is 7.86. The van der Waals surface area contributed by atoms with Crippen LogP contribution in [0, 0.1) is 24.2 Å². The Kier molecular flexibility index (Phi) is 3.67. The third-order valence-electron chi connectivity index (χ3n) is 2.91. The molecule has 1 fully saturated rings. The van der Waals surface area contributed by atoms with Crippen molar-refractivity contribution in [3.8, 4) is 6.07 Å². The Hall–Kier alpha value is -2.08. The van der Waals surface area contributed by atoms with Crippen LogP contribution in [0.4, 0.5) is 9.70 Å². The number of rotatable bonds is 3. The number of nitriles is 1. The molecule has 2 rings (SSSR count). The quantitative estimate of drug-likeness (QED) is 0.744. The SMILES string of the molecule is Cc1ncc(C#N)c(N2CC(CS(=O)(=O)F)CC2=O)n1. The smallest absolute Gasteiger partial charge is 0.295 e. The number of anilines is 1. The molecule has 20 heavy (non-hydrogen) atoms. The van der Waals surface area contributed by atoms with Gasteiger partial charge in [-0.1, -0.05) is 0 Å². The largest absolute Gasteiger partial charge is 0.302 e. The molecule has 9 heteroatoms. The number of aryl methyl sites for hydroxylation is 1. The fourth-order valence-electron chi connectivity index (χ4n) is 2.12. The second kappa shape index (κ2) is 5.13. The molecule has 0 aliphatic carbocycles. The molecule has 1 aromatic heterocycles. The molecule has 1 aromatic rings. The number of hydrogen-bond donors (Lipinski definition) is 0. The van der Waals surface area contributed by atoms with Crippen LogP contribution in [0.2, 0.25) is 0 Å². The van der Waals surface area contributed by atoms with E-state index in [9.17, 15) is 17.1 Å². The van der Waals surface area contributed by atoms with Gasteiger partial charge in [-0.15, -0.1) is 3.89 Å². The average Bonchev–Trinajstić information content (AvgIpc) is 2.67. The Balaban J connectivity index is 2.29. The minimum atomic E-state index is -4.64. The van der Waals surface area contributed by atoms with Gasteiger partial charge in [0.1, 0.15) is 17.5 Å². The Morgan fingerprint density at radius 1 is 1.60 bits per heavy atom. The van der Waals surface area contributed by atoms with Crippen LogP contribution >= 0.6 is 0 Å². The van der Waals surface area contributed by atoms with Crippen LogP contribution < -0.4 is 4.90 Å². The minimum Gasteiger partial charge on any atom is -0.295 e. The van der Waals surface area contributed by atoms with E-state index in [0.717, 1.165) is 0 Å². The van der Waals surface area contributed by atoms with Crippen molar-refractivity contribution in [1.29, 1.82) is 5.26 Å². The van der Waals surface area contributed by atoms with Crippen LogP contribution in [0.25, 0.3) is 0 Å². The van der Waals surface area contributed by atoms with E-state index < -0.39 is 21.9 Å². The van der Waals surface area contributed by atoms with Gasteiger partial charge >= 0.3 is 10.2 Å². The maximum Gasteiger partial charge on any atom is 0.302 e. The summed E-state index contributed by atoms with van der Waals surface area (Å²) in [6.07, 6.45) is 1.21. The fraction of sp³-hybridized carbons (Fsp3) is 0.455. The molecule has 1 aliphatic rings. The molecule has 0 radical (unpaired) electrons. The topological polar surface area (TPSA) is 104 Å². The van der Waals surface area contributed by atoms with Crippen LogP contribution in [-0.4, -0.2) is 36.6 Å². The maximum atomic E-state index is 12.7. The van der Waals surface area contributed by atoms with E-state index in [1.807, 2.05) is 6.07 Å². The van der Waals surface area contributed by atoms with Gasteiger partial charge in [0.2, 0.25) is 5.91 Å². The lowest BCUT2D eigenvalue weighted by Gasteiger charge is -2.16. The molecule has 1 saturated heterocycles. The molecule has 1 atom stereocenters. The average molecular weight is 298 g/mol. The van der Waals surface area contributed by atoms with Gasteiger partial charge < -0.3 is 0 Å². The molecule has 0 N–H and O–H groups in total. The summed E-state index contributed by atoms with van der Waals surface area (Å²) >= 11 is 0. The molecule has 106 valence electrons. The molecule has 1 aliphatic heterocycles. The predicted molar refractivity (Wildman–Crippen MR) is 66.8 cm³/mol. The summed E-state index contributed by atoms with van der Waals surface area (Å²) in [5.41, 5.74) is 0.118. The van der Waals surface area contributed by atoms with Gasteiger partial charge in [-0.2, -0.15) is 13.7 Å². The van der Waals surface area contributed by atoms with E-state index in [4.69, 9.17) is 5.26 Å². The summed E-state index contributed by atoms with van der Waals surface area (Å²) in [5, 5.41) is 8.98. The predicted octanol–water partition coefficient (Wildman–Crippen LogP) is 0.309. The van der Waals surface area contributed by atoms with Crippen molar-refractivity contribution in [1.82, 2.24) is 9.97 Å². The van der Waals surface area contributed by atoms with Gasteiger partial charge in [-0.3, -0.25) is 9.69 Å². The van der Waals surface area contributed by atoms with Crippen molar-refractivity contribution in [3.05, 3.63) is 17.6 Å². The lowest BCUT2D eigenvalue weighted by Crippen LogP contribution is -2.27. The summed E-state index contributed by atoms with van der Waals surface area (Å²) in [7, 11) is -4.64. The number of amides is 1. The number of nitrogens with zero attached hydrogens (tertiary/aromatic N) is 4. The minimum absolute atomic E-state index is 0.0209. The standard InChI is InChI=1S/C11H11FN4O3S/c1-7-14-4-9(3-13)11(15-7)16-5-8(2-10(16)17)6-20(12,18)19/h4,8H,2,5-6H2,1H3. The highest BCUT2D eigenvalue weighted by atomic mass is 32.3. The Morgan fingerprint density at radius 2 is 2.30 bits per heavy atom. The van der Waals surface area contributed by atoms with E-state index >= 15 is 0 Å². The van der Waals surface area contributed by atoms with Crippen LogP contribution in [0.5, 0.6) is 0 Å². The third kappa shape index (κ3) is 3.08. The van der Waals surface area contributed by atoms with Gasteiger partial charge in [0.05, 0.1) is 11.9 Å². The summed E-state index contributed by atoms with van der Waals surface area (Å²) in [4.78, 5) is 21.0. The van der Waals surface area contributed by atoms with Crippen LogP contribution in [0.1, 0.15) is 17.8 Å². The van der Waals surface area contributed by atoms with E-state index in [0.29, 0.717) is 5.82 Å². The van der Waals surface area contributed by atoms with Crippen molar-refractivity contribution in [2.45, 2.75) is 13.3 Å². The van der Waals surface area contributed by atoms with Gasteiger partial charge in [0.25, 0.3) is 0 Å². The first-order valence-corrected chi connectivity index (χ1v) is 7.32. The second-order valence-corrected chi connectivity index (χ2v) is 5.96. The van der Waals surface area contributed by atoms with Crippen LogP contribution in [0.15, 0.2) is 6.20 Å². The Labute approximate surface area is 115 Å². The Morgan fingerprint density at radius 3 is 2.90 bits per heavy atom. The zero-order valence-electron chi connectivity index (χ0n) is 10.6. The zero-order chi connectivity index (χ0) is 14.9. The lowest BCUT2D eigenvalue weighted by atomic mass is 10.1. The van der Waals surface area contributed by atoms with Crippen LogP contribution in [-0.2, 0) is 15.0 Å². The van der Waals surface area contributed by atoms with Crippen LogP contribution in [0.3, 0.4) is 0 Å². The molecular weight excluding hydrogens is 287 g/mol. The molecule has 1 amide bonds. The fourth-order valence-corrected chi connectivity index (χ4v) is 2.91. The van der Waals surface area contributed by atoms with Gasteiger partial charge in [0.15, 0.2) is 5.82 Å². The number of halogens is 1. The number of carbonyl (C=O) groups is 1. The summed E-state index contributed by atoms with van der Waals surface area (Å²) in [6, 6.07) is 1.87. The summed E-state index contributed by atoms with van der Waals surface area (Å²) in [5.74, 6) is -1.20. The van der Waals surface area contributed by atoms with Crippen molar-refractivity contribution < 1.29 is 17.1 Å². The molecule has 7 nitrogen and oxygen atoms in total. The highest BCUT2D eigenvalue weighted by Crippen LogP contribution is 2.27. The van der Waals surface area contributed by atoms with Crippen molar-refractivity contribution in [2.75, 3.05) is 17.2 Å². The van der Waals surface area contributed by atoms with Crippen molar-refractivity contribution in [2.24, 2.45) is 5.92 Å². The molecule has 0 aromatic carbocycles. The zero-order valence-corrected chi connectivity index (χ0v) is 11.4. The molecule has 0 bridgehead atoms. The number of hydrogen-bond acceptors (Lipinski definition) is 6. The summed E-state index contributed by atoms with van der Waals surface area (Å²) in [6.45, 7) is 1.63. The number of aromatic nitrogens is 2. The van der Waals surface area contributed by atoms with E-state index in [1.54, 1.807) is 6.92 Å². The van der Waals surface area contributed by atoms with Gasteiger partial charge in [-0.25, -0.2) is 9.97 Å². The van der Waals surface area contributed by atoms with E-state index in [1.165, 1.54) is 11.1 Å². The van der Waals surface area contributed by atoms with E-state index in [2.05, 4.69) is 9.97 Å². The third-order valence-corrected chi connectivity index (χ3v) is 3.77. The lowest BCUT2D eigenvalue weighted by molar-refractivity contribution is -0.117. The maximum absolute atomic E-state index is 12.7. The van der Waals surface area contributed by atoms with Crippen molar-refractivity contribution >= 4 is 21.9 Å². The Bertz CT molecular complexity index is 698. The van der Waals surface area contributed by atoms with E-state index in [-0.39, 0.29) is 30.3 Å². The summed E-state index contributed by atoms with van der Waals surface area (Å²) < 4.78 is 34.0. The molecule has 0 spiro atoms. The first-order chi connectivity index (χ1) is 9.30. The number of carbonyl (C=O) groups excluding carboxylic acids is 1. The first kappa shape index (κ1) is 14.3. The monoisotopic (exact) mass is 298 g/mol. The molecule has 1 unspecified atom stereocenters. The second-order valence-electron chi connectivity index (χ2n) is 4.55. The molecule has 0 saturated carbocycles. The normalized spacial score (nSPS) is 19.1. The highest BCUT2D eigenvalue weighted by Gasteiger charge is 2.35. The van der Waals surface area contributed by atoms with Crippen molar-refractivity contribution in [3.63, 3.8) is 0 Å².